The molecule has 2 heteroatoms. The monoisotopic (exact) mass is 286 g/mol. The number of rotatable bonds is 1. The molecule has 0 unspecified atom stereocenters. The van der Waals surface area contributed by atoms with E-state index in [1.165, 1.54) is 33.0 Å². The minimum absolute atomic E-state index is 1.02. The lowest BCUT2D eigenvalue weighted by Gasteiger charge is -2.05. The maximum absolute atomic E-state index is 4.94. The maximum atomic E-state index is 4.94. The highest BCUT2D eigenvalue weighted by molar-refractivity contribution is 6.05. The van der Waals surface area contributed by atoms with Gasteiger partial charge in [0.15, 0.2) is 0 Å². The molecule has 3 aromatic carbocycles. The van der Waals surface area contributed by atoms with Gasteiger partial charge in [-0.25, -0.2) is 4.98 Å². The van der Waals surface area contributed by atoms with Crippen molar-refractivity contribution in [3.8, 4) is 11.4 Å². The Kier molecular flexibility index (Phi) is 2.80. The number of nitrogens with zero attached hydrogens (tertiary/aromatic N) is 2. The fraction of sp³-hybridized carbons (Fsp3) is 0.150. The SMILES string of the molecule is Cc1ccc(-c2nc3c4ccccc4ccc3n2C)cc1C. The molecule has 0 aliphatic rings. The van der Waals surface area contributed by atoms with Gasteiger partial charge in [-0.1, -0.05) is 42.5 Å². The maximum Gasteiger partial charge on any atom is 0.140 e. The van der Waals surface area contributed by atoms with E-state index in [9.17, 15) is 0 Å². The first-order chi connectivity index (χ1) is 10.6. The largest absolute Gasteiger partial charge is 0.327 e. The Hall–Kier alpha value is -2.61. The standard InChI is InChI=1S/C20H18N2/c1-13-8-9-16(12-14(13)2)20-21-19-17-7-5-4-6-15(17)10-11-18(19)22(20)3/h4-12H,1-3H3. The normalized spacial score (nSPS) is 11.4. The van der Waals surface area contributed by atoms with Crippen molar-refractivity contribution in [3.05, 3.63) is 65.7 Å². The van der Waals surface area contributed by atoms with Gasteiger partial charge in [0.2, 0.25) is 0 Å². The molecule has 0 saturated heterocycles. The summed E-state index contributed by atoms with van der Waals surface area (Å²) in [6.45, 7) is 4.29. The molecule has 0 bridgehead atoms. The topological polar surface area (TPSA) is 17.8 Å². The Labute approximate surface area is 130 Å². The predicted molar refractivity (Wildman–Crippen MR) is 93.1 cm³/mol. The first-order valence-corrected chi connectivity index (χ1v) is 7.57. The zero-order valence-electron chi connectivity index (χ0n) is 13.1. The number of hydrogen-bond acceptors (Lipinski definition) is 1. The summed E-state index contributed by atoms with van der Waals surface area (Å²) in [5.74, 6) is 1.02. The molecule has 0 radical (unpaired) electrons. The molecule has 4 rings (SSSR count). The van der Waals surface area contributed by atoms with E-state index in [-0.39, 0.29) is 0 Å². The Morgan fingerprint density at radius 2 is 1.68 bits per heavy atom. The molecular formula is C20H18N2. The second kappa shape index (κ2) is 4.70. The van der Waals surface area contributed by atoms with Gasteiger partial charge in [-0.2, -0.15) is 0 Å². The van der Waals surface area contributed by atoms with Crippen molar-refractivity contribution in [1.82, 2.24) is 9.55 Å². The first-order valence-electron chi connectivity index (χ1n) is 7.57. The number of benzene rings is 3. The van der Waals surface area contributed by atoms with Crippen LogP contribution in [0.2, 0.25) is 0 Å². The molecule has 4 aromatic rings. The van der Waals surface area contributed by atoms with Crippen molar-refractivity contribution >= 4 is 21.8 Å². The van der Waals surface area contributed by atoms with Crippen LogP contribution >= 0.6 is 0 Å². The molecule has 0 spiro atoms. The van der Waals surface area contributed by atoms with Gasteiger partial charge in [-0.15, -0.1) is 0 Å². The molecule has 0 amide bonds. The molecular weight excluding hydrogens is 268 g/mol. The summed E-state index contributed by atoms with van der Waals surface area (Å²) in [4.78, 5) is 4.94. The van der Waals surface area contributed by atoms with Crippen molar-refractivity contribution in [3.63, 3.8) is 0 Å². The summed E-state index contributed by atoms with van der Waals surface area (Å²) in [5, 5.41) is 2.45. The summed E-state index contributed by atoms with van der Waals surface area (Å²) in [7, 11) is 2.09. The van der Waals surface area contributed by atoms with E-state index in [2.05, 4.69) is 80.1 Å². The average molecular weight is 286 g/mol. The van der Waals surface area contributed by atoms with Crippen molar-refractivity contribution in [2.24, 2.45) is 7.05 Å². The number of imidazole rings is 1. The van der Waals surface area contributed by atoms with Crippen molar-refractivity contribution < 1.29 is 0 Å². The lowest BCUT2D eigenvalue weighted by molar-refractivity contribution is 0.959. The van der Waals surface area contributed by atoms with Gasteiger partial charge in [0.25, 0.3) is 0 Å². The summed E-state index contributed by atoms with van der Waals surface area (Å²) in [6.07, 6.45) is 0. The van der Waals surface area contributed by atoms with E-state index in [1.807, 2.05) is 0 Å². The van der Waals surface area contributed by atoms with Crippen LogP contribution in [0.15, 0.2) is 54.6 Å². The van der Waals surface area contributed by atoms with Crippen LogP contribution in [0.5, 0.6) is 0 Å². The van der Waals surface area contributed by atoms with Gasteiger partial charge in [0.1, 0.15) is 5.82 Å². The Morgan fingerprint density at radius 1 is 0.864 bits per heavy atom. The second-order valence-electron chi connectivity index (χ2n) is 5.95. The molecule has 0 fully saturated rings. The van der Waals surface area contributed by atoms with Crippen molar-refractivity contribution in [2.45, 2.75) is 13.8 Å². The Morgan fingerprint density at radius 3 is 2.50 bits per heavy atom. The predicted octanol–water partition coefficient (Wildman–Crippen LogP) is 5.01. The summed E-state index contributed by atoms with van der Waals surface area (Å²) >= 11 is 0. The number of hydrogen-bond donors (Lipinski definition) is 0. The van der Waals surface area contributed by atoms with E-state index < -0.39 is 0 Å². The molecule has 0 aliphatic heterocycles. The van der Waals surface area contributed by atoms with Gasteiger partial charge >= 0.3 is 0 Å². The Balaban J connectivity index is 2.04. The zero-order chi connectivity index (χ0) is 15.3. The van der Waals surface area contributed by atoms with E-state index >= 15 is 0 Å². The van der Waals surface area contributed by atoms with E-state index in [4.69, 9.17) is 4.98 Å². The Bertz CT molecular complexity index is 1010. The highest BCUT2D eigenvalue weighted by Gasteiger charge is 2.12. The zero-order valence-corrected chi connectivity index (χ0v) is 13.1. The third kappa shape index (κ3) is 1.84. The molecule has 22 heavy (non-hydrogen) atoms. The fourth-order valence-corrected chi connectivity index (χ4v) is 3.07. The third-order valence-corrected chi connectivity index (χ3v) is 4.54. The fourth-order valence-electron chi connectivity index (χ4n) is 3.07. The molecule has 0 N–H and O–H groups in total. The van der Waals surface area contributed by atoms with Crippen molar-refractivity contribution in [1.29, 1.82) is 0 Å². The van der Waals surface area contributed by atoms with Crippen LogP contribution in [0, 0.1) is 13.8 Å². The quantitative estimate of drug-likeness (QED) is 0.481. The first kappa shape index (κ1) is 13.1. The summed E-state index contributed by atoms with van der Waals surface area (Å²) in [5.41, 5.74) is 6.04. The van der Waals surface area contributed by atoms with Crippen LogP contribution < -0.4 is 0 Å². The smallest absolute Gasteiger partial charge is 0.140 e. The third-order valence-electron chi connectivity index (χ3n) is 4.54. The van der Waals surface area contributed by atoms with Crippen LogP contribution in [0.4, 0.5) is 0 Å². The molecule has 0 aliphatic carbocycles. The van der Waals surface area contributed by atoms with Crippen LogP contribution in [0.1, 0.15) is 11.1 Å². The second-order valence-corrected chi connectivity index (χ2v) is 5.95. The number of fused-ring (bicyclic) bond motifs is 3. The molecule has 0 saturated carbocycles. The molecule has 2 nitrogen and oxygen atoms in total. The highest BCUT2D eigenvalue weighted by atomic mass is 15.1. The van der Waals surface area contributed by atoms with Gasteiger partial charge in [0.05, 0.1) is 11.0 Å². The van der Waals surface area contributed by atoms with Gasteiger partial charge in [0, 0.05) is 18.0 Å². The van der Waals surface area contributed by atoms with Gasteiger partial charge < -0.3 is 4.57 Å². The van der Waals surface area contributed by atoms with Crippen molar-refractivity contribution in [2.75, 3.05) is 0 Å². The number of aryl methyl sites for hydroxylation is 3. The average Bonchev–Trinajstić information content (AvgIpc) is 2.88. The van der Waals surface area contributed by atoms with E-state index in [1.54, 1.807) is 0 Å². The minimum atomic E-state index is 1.02. The highest BCUT2D eigenvalue weighted by Crippen LogP contribution is 2.29. The van der Waals surface area contributed by atoms with Crippen LogP contribution in [-0.4, -0.2) is 9.55 Å². The van der Waals surface area contributed by atoms with Crippen LogP contribution in [0.25, 0.3) is 33.2 Å². The van der Waals surface area contributed by atoms with Gasteiger partial charge in [-0.05, 0) is 42.5 Å². The van der Waals surface area contributed by atoms with E-state index in [0.29, 0.717) is 0 Å². The molecule has 1 aromatic heterocycles. The van der Waals surface area contributed by atoms with Crippen LogP contribution in [-0.2, 0) is 7.05 Å². The summed E-state index contributed by atoms with van der Waals surface area (Å²) < 4.78 is 2.19. The minimum Gasteiger partial charge on any atom is -0.327 e. The van der Waals surface area contributed by atoms with E-state index in [0.717, 1.165) is 11.3 Å². The molecule has 1 heterocycles. The van der Waals surface area contributed by atoms with Crippen LogP contribution in [0.3, 0.4) is 0 Å². The lowest BCUT2D eigenvalue weighted by Crippen LogP contribution is -1.93. The lowest BCUT2D eigenvalue weighted by atomic mass is 10.1. The van der Waals surface area contributed by atoms with Gasteiger partial charge in [-0.3, -0.25) is 0 Å². The molecule has 0 atom stereocenters. The molecule has 108 valence electrons. The summed E-state index contributed by atoms with van der Waals surface area (Å²) in [6, 6.07) is 19.3. The number of aromatic nitrogens is 2.